The van der Waals surface area contributed by atoms with Crippen molar-refractivity contribution in [1.82, 2.24) is 16.0 Å². The van der Waals surface area contributed by atoms with Crippen LogP contribution in [0.5, 0.6) is 5.75 Å². The molecular weight excluding hydrogens is 538 g/mol. The van der Waals surface area contributed by atoms with Gasteiger partial charge in [-0.3, -0.25) is 14.9 Å². The molecule has 0 aromatic heterocycles. The zero-order valence-corrected chi connectivity index (χ0v) is 24.8. The Morgan fingerprint density at radius 2 is 1.30 bits per heavy atom. The number of ether oxygens (including phenoxy) is 1. The van der Waals surface area contributed by atoms with E-state index in [0.717, 1.165) is 33.6 Å². The summed E-state index contributed by atoms with van der Waals surface area (Å²) < 4.78 is 5.86. The average molecular weight is 580 g/mol. The van der Waals surface area contributed by atoms with E-state index in [4.69, 9.17) is 4.74 Å². The molecule has 0 fully saturated rings. The number of hydrogen-bond acceptors (Lipinski definition) is 5. The van der Waals surface area contributed by atoms with Crippen molar-refractivity contribution in [2.75, 3.05) is 0 Å². The number of aliphatic hydroxyl groups is 1. The lowest BCUT2D eigenvalue weighted by Crippen LogP contribution is -2.55. The van der Waals surface area contributed by atoms with Gasteiger partial charge in [0.25, 0.3) is 0 Å². The maximum Gasteiger partial charge on any atom is 0.242 e. The van der Waals surface area contributed by atoms with Crippen LogP contribution in [0.2, 0.25) is 0 Å². The number of hydrogen-bond donors (Lipinski definition) is 4. The molecule has 43 heavy (non-hydrogen) atoms. The van der Waals surface area contributed by atoms with E-state index in [1.807, 2.05) is 116 Å². The molecule has 0 radical (unpaired) electrons. The van der Waals surface area contributed by atoms with Crippen molar-refractivity contribution in [2.24, 2.45) is 0 Å². The molecular formula is C36H41N3O4. The Balaban J connectivity index is 1.35. The highest BCUT2D eigenvalue weighted by Crippen LogP contribution is 2.15. The van der Waals surface area contributed by atoms with Gasteiger partial charge in [0.2, 0.25) is 11.8 Å². The maximum atomic E-state index is 13.4. The standard InChI is InChI=1S/C36H41N3O4/c1-26-13-15-29(16-14-26)24-38-35(41)33(22-19-28-9-5-3-6-10-28)39-36(42)34(27(2)40)37-23-30-17-20-32(21-18-30)43-25-31-11-7-4-8-12-31/h3-18,20-21,27,33-34,37,40H,19,22-25H2,1-2H3,(H,38,41)(H,39,42)/t27-,33+,34+/m1/s1. The van der Waals surface area contributed by atoms with Crippen LogP contribution in [0, 0.1) is 6.92 Å². The number of benzene rings is 4. The number of carbonyl (C=O) groups excluding carboxylic acids is 2. The van der Waals surface area contributed by atoms with Gasteiger partial charge in [-0.15, -0.1) is 0 Å². The number of nitrogens with one attached hydrogen (secondary N) is 3. The first-order chi connectivity index (χ1) is 20.9. The predicted molar refractivity (Wildman–Crippen MR) is 169 cm³/mol. The minimum atomic E-state index is -0.973. The second kappa shape index (κ2) is 16.2. The predicted octanol–water partition coefficient (Wildman–Crippen LogP) is 4.85. The Labute approximate surface area is 254 Å². The van der Waals surface area contributed by atoms with Gasteiger partial charge < -0.3 is 20.5 Å². The average Bonchev–Trinajstić information content (AvgIpc) is 3.03. The van der Waals surface area contributed by atoms with Crippen LogP contribution in [0.25, 0.3) is 0 Å². The molecule has 0 saturated carbocycles. The van der Waals surface area contributed by atoms with Crippen LogP contribution in [0.3, 0.4) is 0 Å². The van der Waals surface area contributed by atoms with Crippen molar-refractivity contribution >= 4 is 11.8 Å². The highest BCUT2D eigenvalue weighted by molar-refractivity contribution is 5.90. The Morgan fingerprint density at radius 3 is 1.93 bits per heavy atom. The first-order valence-electron chi connectivity index (χ1n) is 14.7. The summed E-state index contributed by atoms with van der Waals surface area (Å²) >= 11 is 0. The fraction of sp³-hybridized carbons (Fsp3) is 0.278. The van der Waals surface area contributed by atoms with Gasteiger partial charge in [-0.2, -0.15) is 0 Å². The van der Waals surface area contributed by atoms with E-state index in [2.05, 4.69) is 16.0 Å². The summed E-state index contributed by atoms with van der Waals surface area (Å²) in [5.41, 5.74) is 5.22. The van der Waals surface area contributed by atoms with Crippen LogP contribution >= 0.6 is 0 Å². The van der Waals surface area contributed by atoms with E-state index in [1.165, 1.54) is 0 Å². The van der Waals surface area contributed by atoms with Crippen molar-refractivity contribution < 1.29 is 19.4 Å². The quantitative estimate of drug-likeness (QED) is 0.161. The Bertz CT molecular complexity index is 1410. The molecule has 0 aliphatic rings. The lowest BCUT2D eigenvalue weighted by molar-refractivity contribution is -0.131. The van der Waals surface area contributed by atoms with E-state index < -0.39 is 24.1 Å². The summed E-state index contributed by atoms with van der Waals surface area (Å²) in [5, 5.41) is 19.5. The third-order valence-electron chi connectivity index (χ3n) is 7.25. The first kappa shape index (κ1) is 31.5. The highest BCUT2D eigenvalue weighted by atomic mass is 16.5. The zero-order valence-electron chi connectivity index (χ0n) is 24.8. The normalized spacial score (nSPS) is 13.0. The second-order valence-corrected chi connectivity index (χ2v) is 10.8. The summed E-state index contributed by atoms with van der Waals surface area (Å²) in [7, 11) is 0. The van der Waals surface area contributed by atoms with E-state index in [0.29, 0.717) is 32.5 Å². The van der Waals surface area contributed by atoms with E-state index in [9.17, 15) is 14.7 Å². The van der Waals surface area contributed by atoms with Gasteiger partial charge >= 0.3 is 0 Å². The Kier molecular flexibility index (Phi) is 11.9. The summed E-state index contributed by atoms with van der Waals surface area (Å²) in [6.07, 6.45) is 0.0700. The largest absolute Gasteiger partial charge is 0.489 e. The van der Waals surface area contributed by atoms with Gasteiger partial charge in [-0.25, -0.2) is 0 Å². The van der Waals surface area contributed by atoms with Crippen LogP contribution in [0.1, 0.15) is 41.2 Å². The van der Waals surface area contributed by atoms with Crippen molar-refractivity contribution in [3.05, 3.63) is 137 Å². The number of aryl methyl sites for hydroxylation is 2. The molecule has 0 spiro atoms. The van der Waals surface area contributed by atoms with Crippen LogP contribution < -0.4 is 20.7 Å². The first-order valence-corrected chi connectivity index (χ1v) is 14.7. The van der Waals surface area contributed by atoms with Crippen LogP contribution in [0.15, 0.2) is 109 Å². The summed E-state index contributed by atoms with van der Waals surface area (Å²) in [5.74, 6) is 0.0528. The fourth-order valence-corrected chi connectivity index (χ4v) is 4.66. The molecule has 0 heterocycles. The molecule has 224 valence electrons. The molecule has 0 bridgehead atoms. The highest BCUT2D eigenvalue weighted by Gasteiger charge is 2.28. The topological polar surface area (TPSA) is 99.7 Å². The number of carbonyl (C=O) groups is 2. The molecule has 4 rings (SSSR count). The van der Waals surface area contributed by atoms with Crippen LogP contribution in [0.4, 0.5) is 0 Å². The smallest absolute Gasteiger partial charge is 0.242 e. The van der Waals surface area contributed by atoms with Gasteiger partial charge in [-0.05, 0) is 61.1 Å². The molecule has 4 N–H and O–H groups in total. The zero-order chi connectivity index (χ0) is 30.4. The SMILES string of the molecule is Cc1ccc(CNC(=O)[C@H](CCc2ccccc2)NC(=O)[C@@H](NCc2ccc(OCc3ccccc3)cc2)[C@@H](C)O)cc1. The Hall–Kier alpha value is -4.46. The lowest BCUT2D eigenvalue weighted by Gasteiger charge is -2.25. The van der Waals surface area contributed by atoms with E-state index in [1.54, 1.807) is 6.92 Å². The van der Waals surface area contributed by atoms with Crippen molar-refractivity contribution in [1.29, 1.82) is 0 Å². The maximum absolute atomic E-state index is 13.4. The van der Waals surface area contributed by atoms with Crippen LogP contribution in [-0.4, -0.2) is 35.1 Å². The number of aliphatic hydroxyl groups excluding tert-OH is 1. The minimum Gasteiger partial charge on any atom is -0.489 e. The van der Waals surface area contributed by atoms with E-state index in [-0.39, 0.29) is 5.91 Å². The molecule has 0 aliphatic carbocycles. The lowest BCUT2D eigenvalue weighted by atomic mass is 10.0. The molecule has 7 nitrogen and oxygen atoms in total. The molecule has 3 atom stereocenters. The molecule has 4 aromatic rings. The molecule has 0 saturated heterocycles. The van der Waals surface area contributed by atoms with Gasteiger partial charge in [0, 0.05) is 13.1 Å². The van der Waals surface area contributed by atoms with Crippen molar-refractivity contribution in [3.8, 4) is 5.75 Å². The number of rotatable bonds is 15. The van der Waals surface area contributed by atoms with Crippen molar-refractivity contribution in [3.63, 3.8) is 0 Å². The van der Waals surface area contributed by atoms with E-state index >= 15 is 0 Å². The Morgan fingerprint density at radius 1 is 0.721 bits per heavy atom. The molecule has 2 amide bonds. The van der Waals surface area contributed by atoms with Gasteiger partial charge in [0.1, 0.15) is 24.4 Å². The monoisotopic (exact) mass is 579 g/mol. The summed E-state index contributed by atoms with van der Waals surface area (Å²) in [6.45, 7) is 4.78. The third-order valence-corrected chi connectivity index (χ3v) is 7.25. The molecule has 0 aliphatic heterocycles. The third kappa shape index (κ3) is 10.4. The van der Waals surface area contributed by atoms with Gasteiger partial charge in [0.05, 0.1) is 6.10 Å². The van der Waals surface area contributed by atoms with Gasteiger partial charge in [-0.1, -0.05) is 103 Å². The second-order valence-electron chi connectivity index (χ2n) is 10.8. The summed E-state index contributed by atoms with van der Waals surface area (Å²) in [4.78, 5) is 26.7. The summed E-state index contributed by atoms with van der Waals surface area (Å²) in [6, 6.07) is 33.7. The molecule has 0 unspecified atom stereocenters. The van der Waals surface area contributed by atoms with Crippen LogP contribution in [-0.2, 0) is 35.7 Å². The number of amides is 2. The molecule has 7 heteroatoms. The van der Waals surface area contributed by atoms with Gasteiger partial charge in [0.15, 0.2) is 0 Å². The molecule has 4 aromatic carbocycles. The van der Waals surface area contributed by atoms with Crippen molar-refractivity contribution in [2.45, 2.75) is 64.6 Å². The minimum absolute atomic E-state index is 0.264. The fourth-order valence-electron chi connectivity index (χ4n) is 4.66.